The lowest BCUT2D eigenvalue weighted by atomic mass is 9.95. The monoisotopic (exact) mass is 317 g/mol. The van der Waals surface area contributed by atoms with Crippen LogP contribution in [0.3, 0.4) is 0 Å². The molecule has 7 heteroatoms. The number of hydrogen-bond acceptors (Lipinski definition) is 6. The fraction of sp³-hybridized carbons (Fsp3) is 0.571. The van der Waals surface area contributed by atoms with E-state index in [0.717, 1.165) is 5.56 Å². The van der Waals surface area contributed by atoms with Crippen molar-refractivity contribution < 1.29 is 25.2 Å². The smallest absolute Gasteiger partial charge is 0.111 e. The molecular weight excluding hydrogens is 298 g/mol. The van der Waals surface area contributed by atoms with E-state index in [0.29, 0.717) is 11.6 Å². The molecule has 1 unspecified atom stereocenters. The maximum absolute atomic E-state index is 9.89. The molecule has 21 heavy (non-hydrogen) atoms. The number of hydrogen-bond donors (Lipinski definition) is 5. The van der Waals surface area contributed by atoms with Crippen molar-refractivity contribution in [3.8, 4) is 0 Å². The number of benzene rings is 1. The van der Waals surface area contributed by atoms with Crippen molar-refractivity contribution in [1.82, 2.24) is 5.32 Å². The van der Waals surface area contributed by atoms with Gasteiger partial charge in [-0.05, 0) is 11.6 Å². The third-order valence-electron chi connectivity index (χ3n) is 3.61. The molecule has 1 aromatic carbocycles. The summed E-state index contributed by atoms with van der Waals surface area (Å²) in [7, 11) is 0. The van der Waals surface area contributed by atoms with Crippen LogP contribution in [0.1, 0.15) is 5.56 Å². The van der Waals surface area contributed by atoms with E-state index in [1.807, 2.05) is 18.2 Å². The Kier molecular flexibility index (Phi) is 5.95. The van der Waals surface area contributed by atoms with Crippen LogP contribution in [0.4, 0.5) is 0 Å². The first kappa shape index (κ1) is 16.6. The van der Waals surface area contributed by atoms with Gasteiger partial charge in [0.05, 0.1) is 12.7 Å². The number of rotatable bonds is 5. The highest BCUT2D eigenvalue weighted by Crippen LogP contribution is 2.21. The SMILES string of the molecule is OC[C@H]1OC(CNCc2ccccc2Cl)[C@H](O)[C@@H](O)[C@@H]1O. The van der Waals surface area contributed by atoms with Crippen molar-refractivity contribution in [2.45, 2.75) is 37.1 Å². The molecule has 1 aliphatic rings. The Bertz CT molecular complexity index is 459. The first-order valence-electron chi connectivity index (χ1n) is 6.79. The predicted octanol–water partition coefficient (Wildman–Crippen LogP) is -0.728. The molecule has 118 valence electrons. The van der Waals surface area contributed by atoms with Crippen molar-refractivity contribution in [1.29, 1.82) is 0 Å². The summed E-state index contributed by atoms with van der Waals surface area (Å²) in [4.78, 5) is 0. The summed E-state index contributed by atoms with van der Waals surface area (Å²) in [5.74, 6) is 0. The van der Waals surface area contributed by atoms with Gasteiger partial charge in [0.2, 0.25) is 0 Å². The molecule has 2 rings (SSSR count). The second-order valence-corrected chi connectivity index (χ2v) is 5.50. The molecule has 0 radical (unpaired) electrons. The van der Waals surface area contributed by atoms with Gasteiger partial charge in [-0.25, -0.2) is 0 Å². The van der Waals surface area contributed by atoms with Gasteiger partial charge in [-0.2, -0.15) is 0 Å². The van der Waals surface area contributed by atoms with E-state index >= 15 is 0 Å². The maximum Gasteiger partial charge on any atom is 0.111 e. The number of aliphatic hydroxyl groups is 4. The number of halogens is 1. The van der Waals surface area contributed by atoms with Gasteiger partial charge >= 0.3 is 0 Å². The number of aliphatic hydroxyl groups excluding tert-OH is 4. The molecule has 1 fully saturated rings. The summed E-state index contributed by atoms with van der Waals surface area (Å²) in [5.41, 5.74) is 0.906. The minimum absolute atomic E-state index is 0.257. The Hall–Kier alpha value is -0.730. The molecule has 1 aliphatic heterocycles. The average molecular weight is 318 g/mol. The quantitative estimate of drug-likeness (QED) is 0.491. The summed E-state index contributed by atoms with van der Waals surface area (Å²) >= 11 is 6.04. The molecule has 0 bridgehead atoms. The van der Waals surface area contributed by atoms with Gasteiger partial charge in [0, 0.05) is 18.1 Å². The fourth-order valence-corrected chi connectivity index (χ4v) is 2.54. The first-order valence-corrected chi connectivity index (χ1v) is 7.17. The van der Waals surface area contributed by atoms with E-state index in [-0.39, 0.29) is 6.54 Å². The second kappa shape index (κ2) is 7.51. The molecule has 1 saturated heterocycles. The zero-order chi connectivity index (χ0) is 15.4. The van der Waals surface area contributed by atoms with Crippen LogP contribution >= 0.6 is 11.6 Å². The van der Waals surface area contributed by atoms with Crippen LogP contribution < -0.4 is 5.32 Å². The zero-order valence-electron chi connectivity index (χ0n) is 11.4. The van der Waals surface area contributed by atoms with Gasteiger partial charge in [-0.15, -0.1) is 0 Å². The zero-order valence-corrected chi connectivity index (χ0v) is 12.1. The van der Waals surface area contributed by atoms with Crippen molar-refractivity contribution in [2.75, 3.05) is 13.2 Å². The summed E-state index contributed by atoms with van der Waals surface area (Å²) in [6.45, 7) is 0.313. The van der Waals surface area contributed by atoms with E-state index in [1.165, 1.54) is 0 Å². The molecule has 5 N–H and O–H groups in total. The third kappa shape index (κ3) is 3.92. The molecule has 1 aromatic rings. The van der Waals surface area contributed by atoms with E-state index in [4.69, 9.17) is 21.4 Å². The fourth-order valence-electron chi connectivity index (χ4n) is 2.34. The van der Waals surface area contributed by atoms with Gasteiger partial charge in [-0.1, -0.05) is 29.8 Å². The number of ether oxygens (including phenoxy) is 1. The Balaban J connectivity index is 1.89. The second-order valence-electron chi connectivity index (χ2n) is 5.09. The lowest BCUT2D eigenvalue weighted by Crippen LogP contribution is -2.60. The molecule has 1 heterocycles. The molecule has 0 aliphatic carbocycles. The van der Waals surface area contributed by atoms with Crippen LogP contribution in [-0.4, -0.2) is 64.1 Å². The van der Waals surface area contributed by atoms with Crippen molar-refractivity contribution in [2.24, 2.45) is 0 Å². The summed E-state index contributed by atoms with van der Waals surface area (Å²) in [6, 6.07) is 7.37. The van der Waals surface area contributed by atoms with Crippen LogP contribution in [0.15, 0.2) is 24.3 Å². The number of nitrogens with one attached hydrogen (secondary N) is 1. The maximum atomic E-state index is 9.89. The molecule has 5 atom stereocenters. The highest BCUT2D eigenvalue weighted by atomic mass is 35.5. The van der Waals surface area contributed by atoms with E-state index in [9.17, 15) is 15.3 Å². The molecular formula is C14H20ClNO5. The van der Waals surface area contributed by atoms with Gasteiger partial charge in [0.1, 0.15) is 24.4 Å². The lowest BCUT2D eigenvalue weighted by molar-refractivity contribution is -0.227. The lowest BCUT2D eigenvalue weighted by Gasteiger charge is -2.40. The Morgan fingerprint density at radius 3 is 2.38 bits per heavy atom. The molecule has 0 spiro atoms. The van der Waals surface area contributed by atoms with Crippen molar-refractivity contribution in [3.63, 3.8) is 0 Å². The Labute approximate surface area is 127 Å². The summed E-state index contributed by atoms with van der Waals surface area (Å²) in [5, 5.41) is 42.1. The minimum atomic E-state index is -1.34. The molecule has 0 amide bonds. The van der Waals surface area contributed by atoms with Crippen LogP contribution in [0, 0.1) is 0 Å². The third-order valence-corrected chi connectivity index (χ3v) is 3.98. The van der Waals surface area contributed by atoms with E-state index < -0.39 is 37.1 Å². The average Bonchev–Trinajstić information content (AvgIpc) is 2.49. The Morgan fingerprint density at radius 2 is 1.71 bits per heavy atom. The topological polar surface area (TPSA) is 102 Å². The summed E-state index contributed by atoms with van der Waals surface area (Å²) in [6.07, 6.45) is -5.49. The van der Waals surface area contributed by atoms with Gasteiger partial charge < -0.3 is 30.5 Å². The van der Waals surface area contributed by atoms with Crippen LogP contribution in [-0.2, 0) is 11.3 Å². The van der Waals surface area contributed by atoms with Crippen LogP contribution in [0.5, 0.6) is 0 Å². The van der Waals surface area contributed by atoms with Gasteiger partial charge in [0.25, 0.3) is 0 Å². The van der Waals surface area contributed by atoms with E-state index in [1.54, 1.807) is 6.07 Å². The normalized spacial score (nSPS) is 33.1. The first-order chi connectivity index (χ1) is 10.0. The molecule has 0 saturated carbocycles. The largest absolute Gasteiger partial charge is 0.394 e. The van der Waals surface area contributed by atoms with Crippen LogP contribution in [0.25, 0.3) is 0 Å². The van der Waals surface area contributed by atoms with Gasteiger partial charge in [0.15, 0.2) is 0 Å². The minimum Gasteiger partial charge on any atom is -0.394 e. The van der Waals surface area contributed by atoms with Crippen molar-refractivity contribution in [3.05, 3.63) is 34.9 Å². The molecule has 6 nitrogen and oxygen atoms in total. The van der Waals surface area contributed by atoms with Crippen LogP contribution in [0.2, 0.25) is 5.02 Å². The highest BCUT2D eigenvalue weighted by Gasteiger charge is 2.42. The van der Waals surface area contributed by atoms with E-state index in [2.05, 4.69) is 5.32 Å². The Morgan fingerprint density at radius 1 is 1.05 bits per heavy atom. The summed E-state index contributed by atoms with van der Waals surface area (Å²) < 4.78 is 5.39. The highest BCUT2D eigenvalue weighted by molar-refractivity contribution is 6.31. The van der Waals surface area contributed by atoms with Crippen molar-refractivity contribution >= 4 is 11.6 Å². The standard InChI is InChI=1S/C14H20ClNO5/c15-9-4-2-1-3-8(9)5-16-6-10-12(18)14(20)13(19)11(7-17)21-10/h1-4,10-14,16-20H,5-7H2/t10?,11-,12+,13-,14-/m1/s1. The van der Waals surface area contributed by atoms with Gasteiger partial charge in [-0.3, -0.25) is 0 Å². The predicted molar refractivity (Wildman–Crippen MR) is 76.9 cm³/mol. The molecule has 0 aromatic heterocycles.